The van der Waals surface area contributed by atoms with Crippen molar-refractivity contribution in [2.45, 2.75) is 46.3 Å². The van der Waals surface area contributed by atoms with E-state index in [4.69, 9.17) is 9.84 Å². The molecule has 0 radical (unpaired) electrons. The number of aliphatic hydroxyl groups is 1. The summed E-state index contributed by atoms with van der Waals surface area (Å²) in [5.74, 6) is 1.25. The SMILES string of the molecule is C=CCCC(O)CN(Cc1c(C)nn(-c2ccccc2)c1Oc1ccc(F)cc1)CC(C)C. The number of hydrogen-bond donors (Lipinski definition) is 1. The molecule has 1 aromatic heterocycles. The van der Waals surface area contributed by atoms with E-state index >= 15 is 0 Å². The molecule has 0 aliphatic heterocycles. The van der Waals surface area contributed by atoms with Gasteiger partial charge >= 0.3 is 0 Å². The van der Waals surface area contributed by atoms with Crippen LogP contribution in [0, 0.1) is 18.7 Å². The van der Waals surface area contributed by atoms with Crippen molar-refractivity contribution in [1.29, 1.82) is 0 Å². The van der Waals surface area contributed by atoms with Gasteiger partial charge in [0.05, 0.1) is 23.0 Å². The van der Waals surface area contributed by atoms with Crippen molar-refractivity contribution >= 4 is 0 Å². The number of aromatic nitrogens is 2. The van der Waals surface area contributed by atoms with Crippen LogP contribution in [-0.2, 0) is 6.54 Å². The van der Waals surface area contributed by atoms with Gasteiger partial charge in [0.2, 0.25) is 5.88 Å². The summed E-state index contributed by atoms with van der Waals surface area (Å²) < 4.78 is 21.5. The average Bonchev–Trinajstić information content (AvgIpc) is 3.09. The molecule has 1 unspecified atom stereocenters. The molecule has 0 bridgehead atoms. The molecule has 0 saturated heterocycles. The topological polar surface area (TPSA) is 50.5 Å². The number of aliphatic hydroxyl groups excluding tert-OH is 1. The Labute approximate surface area is 196 Å². The number of benzene rings is 2. The van der Waals surface area contributed by atoms with Crippen LogP contribution in [0.15, 0.2) is 67.3 Å². The fourth-order valence-corrected chi connectivity index (χ4v) is 3.83. The standard InChI is InChI=1S/C27H34FN3O2/c1-5-6-12-24(32)18-30(17-20(2)3)19-26-21(4)29-31(23-10-8-7-9-11-23)27(26)33-25-15-13-22(28)14-16-25/h5,7-11,13-16,20,24,32H,1,6,12,17-19H2,2-4H3. The fourth-order valence-electron chi connectivity index (χ4n) is 3.83. The van der Waals surface area contributed by atoms with Crippen LogP contribution in [0.3, 0.4) is 0 Å². The number of aryl methyl sites for hydroxylation is 1. The summed E-state index contributed by atoms with van der Waals surface area (Å²) in [6.07, 6.45) is 2.85. The molecule has 1 atom stereocenters. The van der Waals surface area contributed by atoms with Crippen molar-refractivity contribution in [3.8, 4) is 17.3 Å². The van der Waals surface area contributed by atoms with E-state index in [-0.39, 0.29) is 5.82 Å². The van der Waals surface area contributed by atoms with Gasteiger partial charge in [-0.1, -0.05) is 38.1 Å². The summed E-state index contributed by atoms with van der Waals surface area (Å²) in [6, 6.07) is 15.8. The number of halogens is 1. The Hall–Kier alpha value is -2.96. The molecule has 1 N–H and O–H groups in total. The summed E-state index contributed by atoms with van der Waals surface area (Å²) >= 11 is 0. The number of hydrogen-bond acceptors (Lipinski definition) is 4. The molecule has 3 rings (SSSR count). The molecule has 0 amide bonds. The van der Waals surface area contributed by atoms with E-state index in [0.717, 1.165) is 29.9 Å². The Kier molecular flexibility index (Phi) is 8.80. The van der Waals surface area contributed by atoms with Gasteiger partial charge in [-0.15, -0.1) is 6.58 Å². The van der Waals surface area contributed by atoms with Gasteiger partial charge in [-0.2, -0.15) is 5.10 Å². The van der Waals surface area contributed by atoms with Gasteiger partial charge in [0, 0.05) is 19.6 Å². The molecular formula is C27H34FN3O2. The Morgan fingerprint density at radius 3 is 2.45 bits per heavy atom. The first kappa shape index (κ1) is 24.7. The molecule has 6 heteroatoms. The number of ether oxygens (including phenoxy) is 1. The van der Waals surface area contributed by atoms with E-state index < -0.39 is 6.10 Å². The van der Waals surface area contributed by atoms with Gasteiger partial charge in [0.25, 0.3) is 0 Å². The summed E-state index contributed by atoms with van der Waals surface area (Å²) in [5.41, 5.74) is 2.68. The van der Waals surface area contributed by atoms with E-state index in [0.29, 0.717) is 37.1 Å². The van der Waals surface area contributed by atoms with Crippen LogP contribution >= 0.6 is 0 Å². The molecule has 5 nitrogen and oxygen atoms in total. The minimum absolute atomic E-state index is 0.313. The minimum Gasteiger partial charge on any atom is -0.439 e. The predicted octanol–water partition coefficient (Wildman–Crippen LogP) is 5.90. The second kappa shape index (κ2) is 11.8. The van der Waals surface area contributed by atoms with Crippen molar-refractivity contribution in [2.24, 2.45) is 5.92 Å². The van der Waals surface area contributed by atoms with Gasteiger partial charge in [-0.3, -0.25) is 4.90 Å². The maximum absolute atomic E-state index is 13.4. The maximum atomic E-state index is 13.4. The van der Waals surface area contributed by atoms with Gasteiger partial charge in [0.15, 0.2) is 0 Å². The zero-order chi connectivity index (χ0) is 23.8. The number of para-hydroxylation sites is 1. The zero-order valence-corrected chi connectivity index (χ0v) is 19.7. The predicted molar refractivity (Wildman–Crippen MR) is 130 cm³/mol. The van der Waals surface area contributed by atoms with Crippen molar-refractivity contribution < 1.29 is 14.2 Å². The van der Waals surface area contributed by atoms with Crippen molar-refractivity contribution in [3.05, 3.63) is 84.3 Å². The fraction of sp³-hybridized carbons (Fsp3) is 0.370. The Morgan fingerprint density at radius 2 is 1.82 bits per heavy atom. The van der Waals surface area contributed by atoms with E-state index in [1.807, 2.05) is 43.3 Å². The molecule has 1 heterocycles. The molecule has 0 aliphatic rings. The number of nitrogens with zero attached hydrogens (tertiary/aromatic N) is 3. The monoisotopic (exact) mass is 451 g/mol. The first-order valence-electron chi connectivity index (χ1n) is 11.5. The van der Waals surface area contributed by atoms with E-state index in [9.17, 15) is 9.50 Å². The first-order chi connectivity index (χ1) is 15.9. The van der Waals surface area contributed by atoms with Crippen LogP contribution < -0.4 is 4.74 Å². The van der Waals surface area contributed by atoms with E-state index in [1.165, 1.54) is 12.1 Å². The highest BCUT2D eigenvalue weighted by atomic mass is 19.1. The summed E-state index contributed by atoms with van der Waals surface area (Å²) in [7, 11) is 0. The van der Waals surface area contributed by atoms with Crippen LogP contribution in [-0.4, -0.2) is 39.0 Å². The van der Waals surface area contributed by atoms with Crippen LogP contribution in [0.4, 0.5) is 4.39 Å². The quantitative estimate of drug-likeness (QED) is 0.349. The second-order valence-electron chi connectivity index (χ2n) is 8.78. The second-order valence-corrected chi connectivity index (χ2v) is 8.78. The lowest BCUT2D eigenvalue weighted by atomic mass is 10.1. The smallest absolute Gasteiger partial charge is 0.227 e. The van der Waals surface area contributed by atoms with Crippen LogP contribution in [0.5, 0.6) is 11.6 Å². The Bertz CT molecular complexity index is 1020. The first-order valence-corrected chi connectivity index (χ1v) is 11.5. The minimum atomic E-state index is -0.437. The normalized spacial score (nSPS) is 12.3. The molecule has 3 aromatic rings. The van der Waals surface area contributed by atoms with Gasteiger partial charge < -0.3 is 9.84 Å². The lowest BCUT2D eigenvalue weighted by Crippen LogP contribution is -2.35. The number of rotatable bonds is 12. The van der Waals surface area contributed by atoms with Gasteiger partial charge in [-0.25, -0.2) is 9.07 Å². The van der Waals surface area contributed by atoms with Crippen LogP contribution in [0.2, 0.25) is 0 Å². The summed E-state index contributed by atoms with van der Waals surface area (Å²) in [5, 5.41) is 15.3. The van der Waals surface area contributed by atoms with Crippen LogP contribution in [0.1, 0.15) is 37.9 Å². The number of allylic oxidation sites excluding steroid dienone is 1. The molecule has 0 fully saturated rings. The highest BCUT2D eigenvalue weighted by molar-refractivity contribution is 5.43. The Balaban J connectivity index is 1.96. The highest BCUT2D eigenvalue weighted by Gasteiger charge is 2.23. The van der Waals surface area contributed by atoms with E-state index in [2.05, 4.69) is 25.3 Å². The third-order valence-corrected chi connectivity index (χ3v) is 5.34. The molecule has 2 aromatic carbocycles. The van der Waals surface area contributed by atoms with Crippen molar-refractivity contribution in [2.75, 3.05) is 13.1 Å². The lowest BCUT2D eigenvalue weighted by molar-refractivity contribution is 0.0952. The molecule has 0 spiro atoms. The van der Waals surface area contributed by atoms with Gasteiger partial charge in [0.1, 0.15) is 11.6 Å². The van der Waals surface area contributed by atoms with E-state index in [1.54, 1.807) is 16.8 Å². The molecule has 33 heavy (non-hydrogen) atoms. The summed E-state index contributed by atoms with van der Waals surface area (Å²) in [4.78, 5) is 2.25. The van der Waals surface area contributed by atoms with Crippen molar-refractivity contribution in [1.82, 2.24) is 14.7 Å². The van der Waals surface area contributed by atoms with Crippen molar-refractivity contribution in [3.63, 3.8) is 0 Å². The molecule has 176 valence electrons. The lowest BCUT2D eigenvalue weighted by Gasteiger charge is -2.27. The molecule has 0 saturated carbocycles. The van der Waals surface area contributed by atoms with Gasteiger partial charge in [-0.05, 0) is 62.1 Å². The highest BCUT2D eigenvalue weighted by Crippen LogP contribution is 2.32. The third kappa shape index (κ3) is 7.01. The third-order valence-electron chi connectivity index (χ3n) is 5.34. The Morgan fingerprint density at radius 1 is 1.12 bits per heavy atom. The molecular weight excluding hydrogens is 417 g/mol. The maximum Gasteiger partial charge on any atom is 0.227 e. The average molecular weight is 452 g/mol. The largest absolute Gasteiger partial charge is 0.439 e. The summed E-state index contributed by atoms with van der Waals surface area (Å²) in [6.45, 7) is 12.0. The molecule has 0 aliphatic carbocycles. The zero-order valence-electron chi connectivity index (χ0n) is 19.7. The van der Waals surface area contributed by atoms with Crippen LogP contribution in [0.25, 0.3) is 5.69 Å².